The second-order valence-corrected chi connectivity index (χ2v) is 6.61. The number of hydrogen-bond acceptors (Lipinski definition) is 4. The monoisotopic (exact) mass is 325 g/mol. The van der Waals surface area contributed by atoms with E-state index in [9.17, 15) is 18.3 Å². The maximum atomic E-state index is 12.7. The van der Waals surface area contributed by atoms with Gasteiger partial charge in [0.15, 0.2) is 0 Å². The number of sulfonamides is 1. The Bertz CT molecular complexity index is 811. The molecular weight excluding hydrogens is 306 g/mol. The summed E-state index contributed by atoms with van der Waals surface area (Å²) in [7, 11) is -0.801. The lowest BCUT2D eigenvalue weighted by molar-refractivity contribution is -0.123. The molecule has 1 atom stereocenters. The molecule has 7 nitrogen and oxygen atoms in total. The molecule has 120 valence electrons. The molecule has 1 aromatic heterocycles. The molecule has 0 aliphatic heterocycles. The summed E-state index contributed by atoms with van der Waals surface area (Å²) in [4.78, 5) is 11.7. The fraction of sp³-hybridized carbons (Fsp3) is 0.357. The smallest absolute Gasteiger partial charge is 0.243 e. The third kappa shape index (κ3) is 2.72. The van der Waals surface area contributed by atoms with Gasteiger partial charge in [0.1, 0.15) is 10.9 Å². The van der Waals surface area contributed by atoms with Gasteiger partial charge in [-0.25, -0.2) is 8.42 Å². The number of rotatable bonds is 5. The Morgan fingerprint density at radius 3 is 2.59 bits per heavy atom. The Labute approximate surface area is 129 Å². The highest BCUT2D eigenvalue weighted by molar-refractivity contribution is 7.89. The number of amides is 1. The van der Waals surface area contributed by atoms with Crippen molar-refractivity contribution >= 4 is 26.8 Å². The third-order valence-corrected chi connectivity index (χ3v) is 5.30. The standard InChI is InChI=1S/C14H19N3O4S/c1-9-13(10-6-4-5-7-12(10)17(9)3)22(20,21)16-11(8-18)14(19)15-2/h4-7,11,16,18H,8H2,1-3H3,(H,15,19)/t11-/m0/s1. The minimum atomic E-state index is -3.95. The molecular formula is C14H19N3O4S. The first-order valence-corrected chi connectivity index (χ1v) is 8.20. The number of nitrogens with zero attached hydrogens (tertiary/aromatic N) is 1. The van der Waals surface area contributed by atoms with Crippen LogP contribution in [0.25, 0.3) is 10.9 Å². The highest BCUT2D eigenvalue weighted by Gasteiger charge is 2.29. The minimum Gasteiger partial charge on any atom is -0.394 e. The van der Waals surface area contributed by atoms with Gasteiger partial charge in [-0.15, -0.1) is 0 Å². The summed E-state index contributed by atoms with van der Waals surface area (Å²) >= 11 is 0. The largest absolute Gasteiger partial charge is 0.394 e. The molecule has 0 unspecified atom stereocenters. The molecule has 0 radical (unpaired) electrons. The molecule has 0 aliphatic carbocycles. The fourth-order valence-corrected chi connectivity index (χ4v) is 4.08. The van der Waals surface area contributed by atoms with E-state index in [0.29, 0.717) is 11.1 Å². The van der Waals surface area contributed by atoms with Gasteiger partial charge in [-0.05, 0) is 13.0 Å². The first-order valence-electron chi connectivity index (χ1n) is 6.72. The summed E-state index contributed by atoms with van der Waals surface area (Å²) in [5.74, 6) is -0.594. The predicted octanol–water partition coefficient (Wildman–Crippen LogP) is -0.128. The van der Waals surface area contributed by atoms with Crippen molar-refractivity contribution < 1.29 is 18.3 Å². The quantitative estimate of drug-likeness (QED) is 0.713. The van der Waals surface area contributed by atoms with Gasteiger partial charge in [-0.2, -0.15) is 4.72 Å². The van der Waals surface area contributed by atoms with Crippen molar-refractivity contribution in [2.75, 3.05) is 13.7 Å². The molecule has 0 saturated carbocycles. The van der Waals surface area contributed by atoms with Crippen LogP contribution >= 0.6 is 0 Å². The van der Waals surface area contributed by atoms with Gasteiger partial charge in [0.2, 0.25) is 15.9 Å². The Kier molecular flexibility index (Phi) is 4.55. The van der Waals surface area contributed by atoms with E-state index in [2.05, 4.69) is 10.0 Å². The van der Waals surface area contributed by atoms with E-state index in [1.54, 1.807) is 30.7 Å². The number of aliphatic hydroxyl groups excluding tert-OH is 1. The number of benzene rings is 1. The van der Waals surface area contributed by atoms with Crippen LogP contribution in [-0.2, 0) is 21.9 Å². The summed E-state index contributed by atoms with van der Waals surface area (Å²) in [5.41, 5.74) is 1.34. The Hall–Kier alpha value is -1.90. The zero-order valence-electron chi connectivity index (χ0n) is 12.6. The molecule has 2 aromatic rings. The van der Waals surface area contributed by atoms with Crippen LogP contribution < -0.4 is 10.0 Å². The van der Waals surface area contributed by atoms with Crippen LogP contribution in [0.5, 0.6) is 0 Å². The van der Waals surface area contributed by atoms with Crippen molar-refractivity contribution in [3.05, 3.63) is 30.0 Å². The topological polar surface area (TPSA) is 100 Å². The second-order valence-electron chi connectivity index (χ2n) is 4.96. The zero-order valence-corrected chi connectivity index (χ0v) is 13.4. The van der Waals surface area contributed by atoms with E-state index in [0.717, 1.165) is 5.52 Å². The molecule has 1 aromatic carbocycles. The van der Waals surface area contributed by atoms with Gasteiger partial charge in [0.05, 0.1) is 6.61 Å². The minimum absolute atomic E-state index is 0.118. The van der Waals surface area contributed by atoms with E-state index in [1.807, 2.05) is 12.1 Å². The zero-order chi connectivity index (χ0) is 16.5. The van der Waals surface area contributed by atoms with Gasteiger partial charge < -0.3 is 15.0 Å². The summed E-state index contributed by atoms with van der Waals surface area (Å²) in [6.07, 6.45) is 0. The number of aryl methyl sites for hydroxylation is 1. The Balaban J connectivity index is 2.55. The summed E-state index contributed by atoms with van der Waals surface area (Å²) in [6, 6.07) is 5.89. The lowest BCUT2D eigenvalue weighted by Gasteiger charge is -2.15. The van der Waals surface area contributed by atoms with E-state index >= 15 is 0 Å². The van der Waals surface area contributed by atoms with E-state index in [-0.39, 0.29) is 4.90 Å². The van der Waals surface area contributed by atoms with Crippen LogP contribution in [0.3, 0.4) is 0 Å². The average molecular weight is 325 g/mol. The summed E-state index contributed by atoms with van der Waals surface area (Å²) in [6.45, 7) is 1.07. The number of nitrogens with one attached hydrogen (secondary N) is 2. The molecule has 0 aliphatic rings. The number of hydrogen-bond donors (Lipinski definition) is 3. The van der Waals surface area contributed by atoms with E-state index < -0.39 is 28.6 Å². The third-order valence-electron chi connectivity index (χ3n) is 3.65. The van der Waals surface area contributed by atoms with Crippen molar-refractivity contribution in [3.63, 3.8) is 0 Å². The first kappa shape index (κ1) is 16.5. The maximum absolute atomic E-state index is 12.7. The molecule has 2 rings (SSSR count). The van der Waals surface area contributed by atoms with E-state index in [4.69, 9.17) is 0 Å². The number of carbonyl (C=O) groups is 1. The van der Waals surface area contributed by atoms with Crippen molar-refractivity contribution in [1.82, 2.24) is 14.6 Å². The van der Waals surface area contributed by atoms with Crippen LogP contribution in [-0.4, -0.2) is 43.7 Å². The van der Waals surface area contributed by atoms with Crippen LogP contribution in [0.4, 0.5) is 0 Å². The van der Waals surface area contributed by atoms with Crippen molar-refractivity contribution in [3.8, 4) is 0 Å². The Morgan fingerprint density at radius 2 is 2.00 bits per heavy atom. The normalized spacial score (nSPS) is 13.3. The molecule has 0 spiro atoms. The van der Waals surface area contributed by atoms with Crippen molar-refractivity contribution in [1.29, 1.82) is 0 Å². The van der Waals surface area contributed by atoms with Gasteiger partial charge in [-0.3, -0.25) is 4.79 Å². The van der Waals surface area contributed by atoms with Crippen molar-refractivity contribution in [2.45, 2.75) is 17.9 Å². The molecule has 1 heterocycles. The average Bonchev–Trinajstić information content (AvgIpc) is 2.76. The molecule has 0 saturated heterocycles. The number of fused-ring (bicyclic) bond motifs is 1. The second kappa shape index (κ2) is 6.07. The lowest BCUT2D eigenvalue weighted by atomic mass is 10.2. The fourth-order valence-electron chi connectivity index (χ4n) is 2.42. The Morgan fingerprint density at radius 1 is 1.36 bits per heavy atom. The first-order chi connectivity index (χ1) is 10.3. The SMILES string of the molecule is CNC(=O)[C@H](CO)NS(=O)(=O)c1c(C)n(C)c2ccccc12. The molecule has 1 amide bonds. The molecule has 3 N–H and O–H groups in total. The molecule has 8 heteroatoms. The highest BCUT2D eigenvalue weighted by Crippen LogP contribution is 2.28. The highest BCUT2D eigenvalue weighted by atomic mass is 32.2. The predicted molar refractivity (Wildman–Crippen MR) is 82.9 cm³/mol. The number of aromatic nitrogens is 1. The molecule has 22 heavy (non-hydrogen) atoms. The van der Waals surface area contributed by atoms with E-state index in [1.165, 1.54) is 7.05 Å². The van der Waals surface area contributed by atoms with Gasteiger partial charge in [0.25, 0.3) is 0 Å². The van der Waals surface area contributed by atoms with Gasteiger partial charge >= 0.3 is 0 Å². The number of para-hydroxylation sites is 1. The molecule has 0 fully saturated rings. The number of aliphatic hydroxyl groups is 1. The van der Waals surface area contributed by atoms with Gasteiger partial charge in [-0.1, -0.05) is 18.2 Å². The number of likely N-dealkylation sites (N-methyl/N-ethyl adjacent to an activating group) is 1. The maximum Gasteiger partial charge on any atom is 0.243 e. The van der Waals surface area contributed by atoms with Crippen LogP contribution in [0.15, 0.2) is 29.2 Å². The van der Waals surface area contributed by atoms with Crippen molar-refractivity contribution in [2.24, 2.45) is 7.05 Å². The summed E-state index contributed by atoms with van der Waals surface area (Å²) < 4.78 is 29.3. The van der Waals surface area contributed by atoms with Crippen LogP contribution in [0.1, 0.15) is 5.69 Å². The molecule has 0 bridgehead atoms. The lowest BCUT2D eigenvalue weighted by Crippen LogP contribution is -2.47. The van der Waals surface area contributed by atoms with Crippen LogP contribution in [0, 0.1) is 6.92 Å². The summed E-state index contributed by atoms with van der Waals surface area (Å²) in [5, 5.41) is 12.1. The van der Waals surface area contributed by atoms with Crippen LogP contribution in [0.2, 0.25) is 0 Å². The number of carbonyl (C=O) groups excluding carboxylic acids is 1. The van der Waals surface area contributed by atoms with Gasteiger partial charge in [0, 0.05) is 30.7 Å².